The van der Waals surface area contributed by atoms with Gasteiger partial charge in [-0.3, -0.25) is 19.9 Å². The molecule has 1 aromatic rings. The first-order valence-corrected chi connectivity index (χ1v) is 7.20. The number of benzene rings is 1. The molecule has 0 radical (unpaired) electrons. The Morgan fingerprint density at radius 3 is 2.71 bits per heavy atom. The molecule has 3 fully saturated rings. The number of methoxy groups -OCH3 is 1. The summed E-state index contributed by atoms with van der Waals surface area (Å²) in [5.41, 5.74) is 0.852. The molecule has 0 saturated carbocycles. The number of nitrogens with one attached hydrogen (secondary N) is 1. The molecule has 1 unspecified atom stereocenters. The molecule has 3 heterocycles. The fraction of sp³-hybridized carbons (Fsp3) is 0.571. The van der Waals surface area contributed by atoms with Gasteiger partial charge in [-0.25, -0.2) is 0 Å². The van der Waals surface area contributed by atoms with E-state index in [2.05, 4.69) is 15.1 Å². The molecule has 4 rings (SSSR count). The van der Waals surface area contributed by atoms with Crippen molar-refractivity contribution < 1.29 is 9.66 Å². The summed E-state index contributed by atoms with van der Waals surface area (Å²) in [6.07, 6.45) is 0. The second-order valence-corrected chi connectivity index (χ2v) is 5.52. The third kappa shape index (κ3) is 2.93. The van der Waals surface area contributed by atoms with Crippen molar-refractivity contribution in [3.05, 3.63) is 28.3 Å². The Labute approximate surface area is 123 Å². The van der Waals surface area contributed by atoms with Crippen LogP contribution in [0.1, 0.15) is 0 Å². The Kier molecular flexibility index (Phi) is 3.94. The lowest BCUT2D eigenvalue weighted by Gasteiger charge is -2.47. The van der Waals surface area contributed by atoms with E-state index >= 15 is 0 Å². The first-order valence-electron chi connectivity index (χ1n) is 7.20. The summed E-state index contributed by atoms with van der Waals surface area (Å²) in [4.78, 5) is 15.4. The van der Waals surface area contributed by atoms with E-state index in [1.54, 1.807) is 12.1 Å². The quantitative estimate of drug-likeness (QED) is 0.645. The minimum Gasteiger partial charge on any atom is -0.490 e. The van der Waals surface area contributed by atoms with Crippen LogP contribution in [0.3, 0.4) is 0 Å². The Morgan fingerprint density at radius 1 is 1.38 bits per heavy atom. The third-order valence-corrected chi connectivity index (χ3v) is 4.31. The topological polar surface area (TPSA) is 70.9 Å². The smallest absolute Gasteiger partial charge is 0.311 e. The average molecular weight is 292 g/mol. The van der Waals surface area contributed by atoms with Gasteiger partial charge in [0.2, 0.25) is 0 Å². The Hall–Kier alpha value is -1.86. The van der Waals surface area contributed by atoms with Crippen LogP contribution in [0.15, 0.2) is 18.2 Å². The fourth-order valence-corrected chi connectivity index (χ4v) is 3.09. The number of nitro groups is 1. The van der Waals surface area contributed by atoms with Crippen molar-refractivity contribution in [1.29, 1.82) is 0 Å². The van der Waals surface area contributed by atoms with E-state index in [4.69, 9.17) is 4.74 Å². The number of nitrogens with zero attached hydrogens (tertiary/aromatic N) is 3. The van der Waals surface area contributed by atoms with Gasteiger partial charge in [0.15, 0.2) is 5.75 Å². The molecule has 0 aromatic heterocycles. The standard InChI is InChI=1S/C14H20N4O3/c1-21-14-8-11(2-3-13(14)18(19)20)15-9-12-10-16-4-6-17(12)7-5-16/h2-3,8,12,15H,4-7,9-10H2,1H3. The molecule has 1 aromatic carbocycles. The Morgan fingerprint density at radius 2 is 2.14 bits per heavy atom. The maximum absolute atomic E-state index is 10.9. The molecule has 114 valence electrons. The molecule has 0 aliphatic carbocycles. The SMILES string of the molecule is COc1cc(NCC2CN3CCN2CC3)ccc1[N+](=O)[O-]. The summed E-state index contributed by atoms with van der Waals surface area (Å²) in [7, 11) is 1.45. The highest BCUT2D eigenvalue weighted by atomic mass is 16.6. The van der Waals surface area contributed by atoms with Crippen molar-refractivity contribution in [3.8, 4) is 5.75 Å². The van der Waals surface area contributed by atoms with Crippen molar-refractivity contribution >= 4 is 11.4 Å². The number of hydrogen-bond acceptors (Lipinski definition) is 6. The van der Waals surface area contributed by atoms with Crippen molar-refractivity contribution in [2.45, 2.75) is 6.04 Å². The molecule has 3 aliphatic heterocycles. The summed E-state index contributed by atoms with van der Waals surface area (Å²) in [6, 6.07) is 5.41. The number of anilines is 1. The molecule has 1 N–H and O–H groups in total. The van der Waals surface area contributed by atoms with E-state index in [1.807, 2.05) is 0 Å². The molecule has 1 atom stereocenters. The van der Waals surface area contributed by atoms with Crippen molar-refractivity contribution in [2.75, 3.05) is 51.7 Å². The minimum atomic E-state index is -0.429. The molecule has 0 spiro atoms. The lowest BCUT2D eigenvalue weighted by atomic mass is 10.1. The highest BCUT2D eigenvalue weighted by Crippen LogP contribution is 2.29. The van der Waals surface area contributed by atoms with Gasteiger partial charge in [0.1, 0.15) is 0 Å². The molecule has 21 heavy (non-hydrogen) atoms. The van der Waals surface area contributed by atoms with Gasteiger partial charge in [-0.2, -0.15) is 0 Å². The number of hydrogen-bond donors (Lipinski definition) is 1. The lowest BCUT2D eigenvalue weighted by Crippen LogP contribution is -2.62. The van der Waals surface area contributed by atoms with Crippen LogP contribution < -0.4 is 10.1 Å². The van der Waals surface area contributed by atoms with Crippen LogP contribution >= 0.6 is 0 Å². The van der Waals surface area contributed by atoms with Crippen molar-refractivity contribution in [2.24, 2.45) is 0 Å². The van der Waals surface area contributed by atoms with Crippen LogP contribution in [-0.4, -0.2) is 67.1 Å². The van der Waals surface area contributed by atoms with E-state index in [0.717, 1.165) is 31.9 Å². The zero-order valence-electron chi connectivity index (χ0n) is 12.1. The van der Waals surface area contributed by atoms with Crippen LogP contribution in [0, 0.1) is 10.1 Å². The summed E-state index contributed by atoms with van der Waals surface area (Å²) < 4.78 is 5.09. The predicted octanol–water partition coefficient (Wildman–Crippen LogP) is 1.02. The third-order valence-electron chi connectivity index (χ3n) is 4.31. The van der Waals surface area contributed by atoms with E-state index < -0.39 is 4.92 Å². The maximum Gasteiger partial charge on any atom is 0.311 e. The van der Waals surface area contributed by atoms with Crippen molar-refractivity contribution in [3.63, 3.8) is 0 Å². The van der Waals surface area contributed by atoms with Gasteiger partial charge in [-0.05, 0) is 6.07 Å². The summed E-state index contributed by atoms with van der Waals surface area (Å²) in [5.74, 6) is 0.291. The van der Waals surface area contributed by atoms with Gasteiger partial charge >= 0.3 is 5.69 Å². The van der Waals surface area contributed by atoms with Gasteiger partial charge in [-0.15, -0.1) is 0 Å². The largest absolute Gasteiger partial charge is 0.490 e. The van der Waals surface area contributed by atoms with E-state index in [1.165, 1.54) is 26.3 Å². The molecule has 2 bridgehead atoms. The fourth-order valence-electron chi connectivity index (χ4n) is 3.09. The summed E-state index contributed by atoms with van der Waals surface area (Å²) >= 11 is 0. The van der Waals surface area contributed by atoms with Crippen LogP contribution in [0.2, 0.25) is 0 Å². The second-order valence-electron chi connectivity index (χ2n) is 5.52. The molecule has 3 aliphatic rings. The highest BCUT2D eigenvalue weighted by molar-refractivity contribution is 5.58. The summed E-state index contributed by atoms with van der Waals surface area (Å²) in [5, 5.41) is 14.2. The zero-order chi connectivity index (χ0) is 14.8. The molecule has 7 nitrogen and oxygen atoms in total. The van der Waals surface area contributed by atoms with Crippen LogP contribution in [0.25, 0.3) is 0 Å². The van der Waals surface area contributed by atoms with E-state index in [-0.39, 0.29) is 5.69 Å². The normalized spacial score (nSPS) is 27.4. The molecular weight excluding hydrogens is 272 g/mol. The molecule has 3 saturated heterocycles. The zero-order valence-corrected chi connectivity index (χ0v) is 12.1. The predicted molar refractivity (Wildman–Crippen MR) is 79.9 cm³/mol. The second kappa shape index (κ2) is 5.87. The van der Waals surface area contributed by atoms with E-state index in [0.29, 0.717) is 11.8 Å². The summed E-state index contributed by atoms with van der Waals surface area (Å²) in [6.45, 7) is 6.55. The van der Waals surface area contributed by atoms with Gasteiger partial charge in [0, 0.05) is 63.1 Å². The molecule has 7 heteroatoms. The first-order chi connectivity index (χ1) is 10.2. The van der Waals surface area contributed by atoms with E-state index in [9.17, 15) is 10.1 Å². The van der Waals surface area contributed by atoms with Crippen LogP contribution in [0.4, 0.5) is 11.4 Å². The molecular formula is C14H20N4O3. The minimum absolute atomic E-state index is 0.00497. The van der Waals surface area contributed by atoms with Gasteiger partial charge in [-0.1, -0.05) is 0 Å². The Balaban J connectivity index is 1.64. The number of piperazine rings is 3. The number of rotatable bonds is 5. The van der Waals surface area contributed by atoms with Gasteiger partial charge in [0.25, 0.3) is 0 Å². The van der Waals surface area contributed by atoms with Crippen LogP contribution in [-0.2, 0) is 0 Å². The monoisotopic (exact) mass is 292 g/mol. The lowest BCUT2D eigenvalue weighted by molar-refractivity contribution is -0.385. The number of fused-ring (bicyclic) bond motifs is 3. The van der Waals surface area contributed by atoms with Gasteiger partial charge < -0.3 is 10.1 Å². The highest BCUT2D eigenvalue weighted by Gasteiger charge is 2.31. The van der Waals surface area contributed by atoms with Crippen molar-refractivity contribution in [1.82, 2.24) is 9.80 Å². The number of ether oxygens (including phenoxy) is 1. The maximum atomic E-state index is 10.9. The first kappa shape index (κ1) is 14.1. The number of nitro benzene ring substituents is 1. The average Bonchev–Trinajstić information content (AvgIpc) is 2.53. The van der Waals surface area contributed by atoms with Crippen LogP contribution in [0.5, 0.6) is 5.75 Å². The van der Waals surface area contributed by atoms with Gasteiger partial charge in [0.05, 0.1) is 12.0 Å². The Bertz CT molecular complexity index is 529. The molecule has 0 amide bonds.